The molecule has 112 valence electrons. The molecule has 1 aromatic heterocycles. The molecule has 0 saturated carbocycles. The highest BCUT2D eigenvalue weighted by Gasteiger charge is 2.05. The summed E-state index contributed by atoms with van der Waals surface area (Å²) in [6, 6.07) is 7.77. The number of aromatic nitrogens is 1. The number of rotatable bonds is 6. The summed E-state index contributed by atoms with van der Waals surface area (Å²) in [7, 11) is 0. The molecule has 0 atom stereocenters. The Labute approximate surface area is 129 Å². The summed E-state index contributed by atoms with van der Waals surface area (Å²) in [5.74, 6) is 0.621. The largest absolute Gasteiger partial charge is 0.361 e. The maximum Gasteiger partial charge on any atom is 0.224 e. The zero-order chi connectivity index (χ0) is 15.2. The first kappa shape index (κ1) is 15.5. The minimum atomic E-state index is 0.0246. The average molecular weight is 303 g/mol. The van der Waals surface area contributed by atoms with Gasteiger partial charge in [0, 0.05) is 29.6 Å². The number of amides is 1. The average Bonchev–Trinajstić information content (AvgIpc) is 2.94. The van der Waals surface area contributed by atoms with Crippen LogP contribution in [0.4, 0.5) is 10.8 Å². The Morgan fingerprint density at radius 3 is 2.62 bits per heavy atom. The van der Waals surface area contributed by atoms with Crippen molar-refractivity contribution < 1.29 is 4.79 Å². The van der Waals surface area contributed by atoms with Gasteiger partial charge in [0.05, 0.1) is 5.69 Å². The lowest BCUT2D eigenvalue weighted by molar-refractivity contribution is -0.115. The molecule has 0 fully saturated rings. The van der Waals surface area contributed by atoms with Crippen LogP contribution < -0.4 is 10.6 Å². The zero-order valence-corrected chi connectivity index (χ0v) is 13.5. The number of thiazole rings is 1. The molecule has 4 nitrogen and oxygen atoms in total. The van der Waals surface area contributed by atoms with Crippen LogP contribution >= 0.6 is 11.3 Å². The van der Waals surface area contributed by atoms with Crippen molar-refractivity contribution in [3.8, 4) is 11.3 Å². The van der Waals surface area contributed by atoms with Crippen molar-refractivity contribution in [1.29, 1.82) is 0 Å². The molecule has 0 aliphatic carbocycles. The number of nitrogens with zero attached hydrogens (tertiary/aromatic N) is 1. The molecule has 1 amide bonds. The first-order valence-corrected chi connectivity index (χ1v) is 8.06. The van der Waals surface area contributed by atoms with Crippen LogP contribution in [0.2, 0.25) is 0 Å². The summed E-state index contributed by atoms with van der Waals surface area (Å²) in [5.41, 5.74) is 2.83. The van der Waals surface area contributed by atoms with Gasteiger partial charge in [-0.05, 0) is 18.1 Å². The lowest BCUT2D eigenvalue weighted by atomic mass is 10.1. The second kappa shape index (κ2) is 7.22. The maximum atomic E-state index is 11.3. The van der Waals surface area contributed by atoms with E-state index in [2.05, 4.69) is 29.5 Å². The lowest BCUT2D eigenvalue weighted by Gasteiger charge is -2.05. The van der Waals surface area contributed by atoms with Gasteiger partial charge in [-0.2, -0.15) is 0 Å². The van der Waals surface area contributed by atoms with E-state index in [0.29, 0.717) is 12.3 Å². The number of hydrogen-bond donors (Lipinski definition) is 2. The number of carbonyl (C=O) groups excluding carboxylic acids is 1. The van der Waals surface area contributed by atoms with E-state index in [1.54, 1.807) is 11.3 Å². The molecule has 0 bridgehead atoms. The van der Waals surface area contributed by atoms with Crippen LogP contribution in [0.5, 0.6) is 0 Å². The van der Waals surface area contributed by atoms with Gasteiger partial charge in [0.2, 0.25) is 5.91 Å². The van der Waals surface area contributed by atoms with E-state index in [4.69, 9.17) is 0 Å². The molecule has 1 aromatic carbocycles. The second-order valence-corrected chi connectivity index (χ2v) is 6.15. The van der Waals surface area contributed by atoms with Crippen LogP contribution in [-0.2, 0) is 4.79 Å². The summed E-state index contributed by atoms with van der Waals surface area (Å²) in [4.78, 5) is 15.9. The molecule has 0 aliphatic heterocycles. The van der Waals surface area contributed by atoms with Crippen LogP contribution in [0.3, 0.4) is 0 Å². The van der Waals surface area contributed by atoms with Gasteiger partial charge in [0.1, 0.15) is 0 Å². The molecule has 1 heterocycles. The number of benzene rings is 1. The predicted molar refractivity (Wildman–Crippen MR) is 89.8 cm³/mol. The standard InChI is InChI=1S/C16H21N3OS/c1-4-15(20)18-13-7-5-12(6-8-13)14-10-21-16(19-14)17-9-11(2)3/h5-8,10-11H,4,9H2,1-3H3,(H,17,19)(H,18,20). The predicted octanol–water partition coefficient (Wildman–Crippen LogP) is 4.23. The van der Waals surface area contributed by atoms with Gasteiger partial charge in [-0.1, -0.05) is 32.9 Å². The van der Waals surface area contributed by atoms with E-state index in [-0.39, 0.29) is 5.91 Å². The van der Waals surface area contributed by atoms with E-state index in [0.717, 1.165) is 28.6 Å². The van der Waals surface area contributed by atoms with Crippen LogP contribution in [0, 0.1) is 5.92 Å². The molecule has 5 heteroatoms. The molecule has 2 rings (SSSR count). The Kier molecular flexibility index (Phi) is 5.33. The van der Waals surface area contributed by atoms with Gasteiger partial charge in [-0.15, -0.1) is 11.3 Å². The molecule has 2 aromatic rings. The van der Waals surface area contributed by atoms with Crippen LogP contribution in [0.1, 0.15) is 27.2 Å². The van der Waals surface area contributed by atoms with Crippen molar-refractivity contribution in [2.45, 2.75) is 27.2 Å². The number of anilines is 2. The minimum absolute atomic E-state index is 0.0246. The van der Waals surface area contributed by atoms with E-state index in [1.165, 1.54) is 0 Å². The van der Waals surface area contributed by atoms with Crippen LogP contribution in [-0.4, -0.2) is 17.4 Å². The smallest absolute Gasteiger partial charge is 0.224 e. The van der Waals surface area contributed by atoms with Crippen molar-refractivity contribution in [2.75, 3.05) is 17.2 Å². The van der Waals surface area contributed by atoms with Gasteiger partial charge >= 0.3 is 0 Å². The normalized spacial score (nSPS) is 10.7. The first-order valence-electron chi connectivity index (χ1n) is 7.18. The lowest BCUT2D eigenvalue weighted by Crippen LogP contribution is -2.09. The van der Waals surface area contributed by atoms with Crippen molar-refractivity contribution >= 4 is 28.1 Å². The summed E-state index contributed by atoms with van der Waals surface area (Å²) >= 11 is 1.61. The number of hydrogen-bond acceptors (Lipinski definition) is 4. The van der Waals surface area contributed by atoms with Gasteiger partial charge in [-0.25, -0.2) is 4.98 Å². The van der Waals surface area contributed by atoms with E-state index in [1.807, 2.05) is 36.6 Å². The third-order valence-electron chi connectivity index (χ3n) is 2.95. The molecule has 2 N–H and O–H groups in total. The molecule has 0 radical (unpaired) electrons. The molecule has 0 spiro atoms. The van der Waals surface area contributed by atoms with E-state index < -0.39 is 0 Å². The molecular weight excluding hydrogens is 282 g/mol. The highest BCUT2D eigenvalue weighted by atomic mass is 32.1. The molecular formula is C16H21N3OS. The topological polar surface area (TPSA) is 54.0 Å². The molecule has 0 unspecified atom stereocenters. The van der Waals surface area contributed by atoms with E-state index >= 15 is 0 Å². The zero-order valence-electron chi connectivity index (χ0n) is 12.6. The quantitative estimate of drug-likeness (QED) is 0.839. The summed E-state index contributed by atoms with van der Waals surface area (Å²) in [6.45, 7) is 7.11. The van der Waals surface area contributed by atoms with Crippen LogP contribution in [0.15, 0.2) is 29.6 Å². The Morgan fingerprint density at radius 1 is 1.29 bits per heavy atom. The third kappa shape index (κ3) is 4.56. The fourth-order valence-corrected chi connectivity index (χ4v) is 2.48. The van der Waals surface area contributed by atoms with Crippen molar-refractivity contribution in [2.24, 2.45) is 5.92 Å². The van der Waals surface area contributed by atoms with Crippen molar-refractivity contribution in [3.05, 3.63) is 29.6 Å². The molecule has 0 aliphatic rings. The highest BCUT2D eigenvalue weighted by molar-refractivity contribution is 7.14. The summed E-state index contributed by atoms with van der Waals surface area (Å²) in [5, 5.41) is 9.16. The Balaban J connectivity index is 2.03. The third-order valence-corrected chi connectivity index (χ3v) is 3.75. The monoisotopic (exact) mass is 303 g/mol. The molecule has 0 saturated heterocycles. The Morgan fingerprint density at radius 2 is 2.00 bits per heavy atom. The van der Waals surface area contributed by atoms with Crippen molar-refractivity contribution in [1.82, 2.24) is 4.98 Å². The highest BCUT2D eigenvalue weighted by Crippen LogP contribution is 2.26. The number of nitrogens with one attached hydrogen (secondary N) is 2. The first-order chi connectivity index (χ1) is 10.1. The summed E-state index contributed by atoms with van der Waals surface area (Å²) in [6.07, 6.45) is 0.485. The Bertz CT molecular complexity index is 590. The Hall–Kier alpha value is -1.88. The van der Waals surface area contributed by atoms with Gasteiger partial charge in [0.25, 0.3) is 0 Å². The fraction of sp³-hybridized carbons (Fsp3) is 0.375. The fourth-order valence-electron chi connectivity index (χ4n) is 1.75. The second-order valence-electron chi connectivity index (χ2n) is 5.29. The minimum Gasteiger partial charge on any atom is -0.361 e. The van der Waals surface area contributed by atoms with Crippen molar-refractivity contribution in [3.63, 3.8) is 0 Å². The van der Waals surface area contributed by atoms with E-state index in [9.17, 15) is 4.79 Å². The maximum absolute atomic E-state index is 11.3. The number of carbonyl (C=O) groups is 1. The van der Waals surface area contributed by atoms with Crippen LogP contribution in [0.25, 0.3) is 11.3 Å². The summed E-state index contributed by atoms with van der Waals surface area (Å²) < 4.78 is 0. The van der Waals surface area contributed by atoms with Gasteiger partial charge in [-0.3, -0.25) is 4.79 Å². The van der Waals surface area contributed by atoms with Gasteiger partial charge < -0.3 is 10.6 Å². The SMILES string of the molecule is CCC(=O)Nc1ccc(-c2csc(NCC(C)C)n2)cc1. The van der Waals surface area contributed by atoms with Gasteiger partial charge in [0.15, 0.2) is 5.13 Å². The molecule has 21 heavy (non-hydrogen) atoms.